The Morgan fingerprint density at radius 1 is 0.955 bits per heavy atom. The van der Waals surface area contributed by atoms with E-state index in [9.17, 15) is 5.26 Å². The maximum absolute atomic E-state index is 9.45. The topological polar surface area (TPSA) is 28.7 Å². The molecule has 3 heteroatoms. The van der Waals surface area contributed by atoms with Crippen LogP contribution in [0.15, 0.2) is 72.9 Å². The minimum Gasteiger partial charge on any atom is -0.317 e. The normalized spacial score (nSPS) is 11.2. The molecular weight excluding hydrogens is 292 g/mol. The molecular formula is C19H13ClN2. The average Bonchev–Trinajstić information content (AvgIpc) is 3.02. The first-order valence-corrected chi connectivity index (χ1v) is 7.26. The van der Waals surface area contributed by atoms with Gasteiger partial charge in [0.25, 0.3) is 0 Å². The van der Waals surface area contributed by atoms with E-state index in [1.165, 1.54) is 0 Å². The second kappa shape index (κ2) is 6.34. The van der Waals surface area contributed by atoms with E-state index in [4.69, 9.17) is 11.6 Å². The molecule has 1 aromatic heterocycles. The molecule has 0 N–H and O–H groups in total. The summed E-state index contributed by atoms with van der Waals surface area (Å²) in [6.45, 7) is 0. The summed E-state index contributed by atoms with van der Waals surface area (Å²) in [6.07, 6.45) is 3.87. The van der Waals surface area contributed by atoms with Gasteiger partial charge in [0.2, 0.25) is 0 Å². The van der Waals surface area contributed by atoms with Gasteiger partial charge >= 0.3 is 0 Å². The fraction of sp³-hybridized carbons (Fsp3) is 0. The second-order valence-corrected chi connectivity index (χ2v) is 5.25. The van der Waals surface area contributed by atoms with Gasteiger partial charge in [0, 0.05) is 22.6 Å². The Labute approximate surface area is 134 Å². The largest absolute Gasteiger partial charge is 0.317 e. The summed E-state index contributed by atoms with van der Waals surface area (Å²) in [4.78, 5) is 0. The Morgan fingerprint density at radius 3 is 2.36 bits per heavy atom. The van der Waals surface area contributed by atoms with Gasteiger partial charge in [0.05, 0.1) is 11.6 Å². The molecule has 0 fully saturated rings. The van der Waals surface area contributed by atoms with Crippen LogP contribution in [0.25, 0.3) is 17.3 Å². The van der Waals surface area contributed by atoms with E-state index in [-0.39, 0.29) is 0 Å². The molecule has 0 aliphatic heterocycles. The van der Waals surface area contributed by atoms with Crippen molar-refractivity contribution >= 4 is 23.3 Å². The van der Waals surface area contributed by atoms with Gasteiger partial charge in [-0.15, -0.1) is 0 Å². The molecule has 0 saturated carbocycles. The predicted octanol–water partition coefficient (Wildman–Crippen LogP) is 5.19. The maximum atomic E-state index is 9.45. The number of nitriles is 1. The average molecular weight is 305 g/mol. The van der Waals surface area contributed by atoms with Crippen molar-refractivity contribution in [3.63, 3.8) is 0 Å². The highest BCUT2D eigenvalue weighted by Crippen LogP contribution is 2.21. The smallest absolute Gasteiger partial charge is 0.0998 e. The molecule has 0 aliphatic rings. The zero-order valence-corrected chi connectivity index (χ0v) is 12.5. The fourth-order valence-corrected chi connectivity index (χ4v) is 2.42. The second-order valence-electron chi connectivity index (χ2n) is 4.82. The molecule has 106 valence electrons. The number of rotatable bonds is 3. The molecule has 3 aromatic rings. The van der Waals surface area contributed by atoms with E-state index in [2.05, 4.69) is 6.07 Å². The molecule has 0 spiro atoms. The Kier molecular flexibility index (Phi) is 4.09. The summed E-state index contributed by atoms with van der Waals surface area (Å²) in [5.41, 5.74) is 3.48. The molecule has 3 rings (SSSR count). The van der Waals surface area contributed by atoms with E-state index < -0.39 is 0 Å². The van der Waals surface area contributed by atoms with Crippen LogP contribution in [-0.2, 0) is 0 Å². The molecule has 0 bridgehead atoms. The minimum absolute atomic E-state index is 0.604. The van der Waals surface area contributed by atoms with Gasteiger partial charge in [0.1, 0.15) is 0 Å². The lowest BCUT2D eigenvalue weighted by molar-refractivity contribution is 1.06. The Balaban J connectivity index is 2.03. The van der Waals surface area contributed by atoms with Crippen LogP contribution in [0.4, 0.5) is 0 Å². The lowest BCUT2D eigenvalue weighted by atomic mass is 10.1. The summed E-state index contributed by atoms with van der Waals surface area (Å²) in [7, 11) is 0. The van der Waals surface area contributed by atoms with Gasteiger partial charge < -0.3 is 4.57 Å². The van der Waals surface area contributed by atoms with E-state index in [1.807, 2.05) is 71.4 Å². The summed E-state index contributed by atoms with van der Waals surface area (Å²) >= 11 is 5.90. The van der Waals surface area contributed by atoms with Crippen molar-refractivity contribution in [3.05, 3.63) is 89.2 Å². The van der Waals surface area contributed by atoms with Crippen LogP contribution in [0.5, 0.6) is 0 Å². The molecule has 0 atom stereocenters. The van der Waals surface area contributed by atoms with Gasteiger partial charge in [0.15, 0.2) is 0 Å². The number of halogens is 1. The van der Waals surface area contributed by atoms with Gasteiger partial charge in [-0.25, -0.2) is 0 Å². The van der Waals surface area contributed by atoms with Crippen molar-refractivity contribution in [2.45, 2.75) is 0 Å². The van der Waals surface area contributed by atoms with Crippen LogP contribution in [0.1, 0.15) is 11.3 Å². The number of hydrogen-bond acceptors (Lipinski definition) is 1. The highest BCUT2D eigenvalue weighted by Gasteiger charge is 2.05. The first-order valence-electron chi connectivity index (χ1n) is 6.88. The SMILES string of the molecule is N#C/C(=C/c1cccn1-c1ccccc1)c1ccc(Cl)cc1. The number of allylic oxidation sites excluding steroid dienone is 1. The van der Waals surface area contributed by atoms with Crippen molar-refractivity contribution in [1.29, 1.82) is 5.26 Å². The molecule has 1 heterocycles. The quantitative estimate of drug-likeness (QED) is 0.612. The van der Waals surface area contributed by atoms with Crippen molar-refractivity contribution < 1.29 is 0 Å². The Hall–Kier alpha value is -2.76. The highest BCUT2D eigenvalue weighted by atomic mass is 35.5. The van der Waals surface area contributed by atoms with Crippen LogP contribution >= 0.6 is 11.6 Å². The van der Waals surface area contributed by atoms with Crippen LogP contribution < -0.4 is 0 Å². The van der Waals surface area contributed by atoms with E-state index in [1.54, 1.807) is 12.1 Å². The van der Waals surface area contributed by atoms with E-state index >= 15 is 0 Å². The maximum Gasteiger partial charge on any atom is 0.0998 e. The number of aromatic nitrogens is 1. The predicted molar refractivity (Wildman–Crippen MR) is 90.7 cm³/mol. The monoisotopic (exact) mass is 304 g/mol. The first-order chi connectivity index (χ1) is 10.8. The molecule has 2 nitrogen and oxygen atoms in total. The van der Waals surface area contributed by atoms with Crippen LogP contribution in [0, 0.1) is 11.3 Å². The zero-order chi connectivity index (χ0) is 15.4. The number of benzene rings is 2. The number of hydrogen-bond donors (Lipinski definition) is 0. The van der Waals surface area contributed by atoms with Gasteiger partial charge in [-0.1, -0.05) is 41.9 Å². The van der Waals surface area contributed by atoms with Crippen molar-refractivity contribution in [2.24, 2.45) is 0 Å². The summed E-state index contributed by atoms with van der Waals surface area (Å²) < 4.78 is 2.05. The van der Waals surface area contributed by atoms with Gasteiger partial charge in [-0.2, -0.15) is 5.26 Å². The Morgan fingerprint density at radius 2 is 1.68 bits per heavy atom. The summed E-state index contributed by atoms with van der Waals surface area (Å²) in [5.74, 6) is 0. The van der Waals surface area contributed by atoms with Crippen LogP contribution in [0.2, 0.25) is 5.02 Å². The molecule has 2 aromatic carbocycles. The third-order valence-corrected chi connectivity index (χ3v) is 3.63. The molecule has 0 radical (unpaired) electrons. The minimum atomic E-state index is 0.604. The first kappa shape index (κ1) is 14.2. The standard InChI is InChI=1S/C19H13ClN2/c20-17-10-8-15(9-11-17)16(14-21)13-19-7-4-12-22(19)18-5-2-1-3-6-18/h1-13H/b16-13-. The lowest BCUT2D eigenvalue weighted by Gasteiger charge is -2.07. The fourth-order valence-electron chi connectivity index (χ4n) is 2.29. The Bertz CT molecular complexity index is 837. The highest BCUT2D eigenvalue weighted by molar-refractivity contribution is 6.30. The van der Waals surface area contributed by atoms with Crippen LogP contribution in [-0.4, -0.2) is 4.57 Å². The number of para-hydroxylation sites is 1. The third kappa shape index (κ3) is 2.95. The lowest BCUT2D eigenvalue weighted by Crippen LogP contribution is -1.94. The molecule has 22 heavy (non-hydrogen) atoms. The zero-order valence-electron chi connectivity index (χ0n) is 11.8. The molecule has 0 unspecified atom stereocenters. The van der Waals surface area contributed by atoms with Gasteiger partial charge in [-0.3, -0.25) is 0 Å². The molecule has 0 saturated heterocycles. The molecule has 0 amide bonds. The van der Waals surface area contributed by atoms with Gasteiger partial charge in [-0.05, 0) is 48.0 Å². The van der Waals surface area contributed by atoms with Crippen molar-refractivity contribution in [1.82, 2.24) is 4.57 Å². The van der Waals surface area contributed by atoms with Crippen molar-refractivity contribution in [2.75, 3.05) is 0 Å². The molecule has 0 aliphatic carbocycles. The number of nitrogens with zero attached hydrogens (tertiary/aromatic N) is 2. The van der Waals surface area contributed by atoms with E-state index in [0.717, 1.165) is 16.9 Å². The van der Waals surface area contributed by atoms with E-state index in [0.29, 0.717) is 10.6 Å². The summed E-state index contributed by atoms with van der Waals surface area (Å²) in [6, 6.07) is 23.5. The third-order valence-electron chi connectivity index (χ3n) is 3.38. The van der Waals surface area contributed by atoms with Crippen LogP contribution in [0.3, 0.4) is 0 Å². The van der Waals surface area contributed by atoms with Crippen molar-refractivity contribution in [3.8, 4) is 11.8 Å². The summed E-state index contributed by atoms with van der Waals surface area (Å²) in [5, 5.41) is 10.1.